The zero-order chi connectivity index (χ0) is 14.2. The molecule has 4 nitrogen and oxygen atoms in total. The standard InChI is InChI=1S/C13H17ClFN3O/c1-13(2)8-18(5-4-17(13)3)12(19)10-6-9(15)7-16-11(10)14/h6-7H,4-5,8H2,1-3H3. The maximum atomic E-state index is 13.2. The number of amides is 1. The molecule has 0 radical (unpaired) electrons. The summed E-state index contributed by atoms with van der Waals surface area (Å²) < 4.78 is 13.2. The summed E-state index contributed by atoms with van der Waals surface area (Å²) in [6.07, 6.45) is 1.01. The van der Waals surface area contributed by atoms with Gasteiger partial charge in [-0.1, -0.05) is 11.6 Å². The highest BCUT2D eigenvalue weighted by atomic mass is 35.5. The zero-order valence-corrected chi connectivity index (χ0v) is 12.0. The van der Waals surface area contributed by atoms with Crippen LogP contribution in [0.1, 0.15) is 24.2 Å². The van der Waals surface area contributed by atoms with Crippen LogP contribution in [-0.2, 0) is 0 Å². The fraction of sp³-hybridized carbons (Fsp3) is 0.538. The lowest BCUT2D eigenvalue weighted by atomic mass is 9.99. The minimum atomic E-state index is -0.555. The number of pyridine rings is 1. The molecule has 2 rings (SSSR count). The van der Waals surface area contributed by atoms with Gasteiger partial charge < -0.3 is 4.90 Å². The van der Waals surface area contributed by atoms with Crippen molar-refractivity contribution >= 4 is 17.5 Å². The van der Waals surface area contributed by atoms with Gasteiger partial charge in [0.2, 0.25) is 0 Å². The molecule has 1 amide bonds. The van der Waals surface area contributed by atoms with Gasteiger partial charge in [-0.15, -0.1) is 0 Å². The monoisotopic (exact) mass is 285 g/mol. The average Bonchev–Trinajstić information content (AvgIpc) is 2.35. The largest absolute Gasteiger partial charge is 0.335 e. The zero-order valence-electron chi connectivity index (χ0n) is 11.3. The fourth-order valence-electron chi connectivity index (χ4n) is 2.16. The van der Waals surface area contributed by atoms with Crippen molar-refractivity contribution in [3.8, 4) is 0 Å². The number of hydrogen-bond donors (Lipinski definition) is 0. The average molecular weight is 286 g/mol. The predicted molar refractivity (Wildman–Crippen MR) is 71.8 cm³/mol. The molecule has 0 saturated carbocycles. The summed E-state index contributed by atoms with van der Waals surface area (Å²) in [4.78, 5) is 20.0. The maximum absolute atomic E-state index is 13.2. The Morgan fingerprint density at radius 2 is 2.16 bits per heavy atom. The summed E-state index contributed by atoms with van der Waals surface area (Å²) in [5.74, 6) is -0.820. The quantitative estimate of drug-likeness (QED) is 0.741. The Morgan fingerprint density at radius 3 is 2.79 bits per heavy atom. The lowest BCUT2D eigenvalue weighted by Gasteiger charge is -2.45. The lowest BCUT2D eigenvalue weighted by molar-refractivity contribution is 0.0311. The van der Waals surface area contributed by atoms with E-state index in [1.165, 1.54) is 0 Å². The van der Waals surface area contributed by atoms with Crippen molar-refractivity contribution in [3.05, 3.63) is 28.8 Å². The molecule has 0 bridgehead atoms. The van der Waals surface area contributed by atoms with Crippen molar-refractivity contribution < 1.29 is 9.18 Å². The number of nitrogens with zero attached hydrogens (tertiary/aromatic N) is 3. The minimum absolute atomic E-state index is 0.0446. The van der Waals surface area contributed by atoms with Gasteiger partial charge in [0.15, 0.2) is 0 Å². The van der Waals surface area contributed by atoms with E-state index >= 15 is 0 Å². The van der Waals surface area contributed by atoms with E-state index in [0.29, 0.717) is 13.1 Å². The highest BCUT2D eigenvalue weighted by molar-refractivity contribution is 6.32. The van der Waals surface area contributed by atoms with Gasteiger partial charge in [-0.25, -0.2) is 9.37 Å². The number of carbonyl (C=O) groups excluding carboxylic acids is 1. The molecule has 2 heterocycles. The van der Waals surface area contributed by atoms with Gasteiger partial charge in [0.25, 0.3) is 5.91 Å². The molecule has 0 aromatic carbocycles. The van der Waals surface area contributed by atoms with Gasteiger partial charge in [-0.05, 0) is 27.0 Å². The topological polar surface area (TPSA) is 36.4 Å². The molecular formula is C13H17ClFN3O. The Morgan fingerprint density at radius 1 is 1.47 bits per heavy atom. The summed E-state index contributed by atoms with van der Waals surface area (Å²) in [6, 6.07) is 1.14. The Hall–Kier alpha value is -1.20. The third-order valence-corrected chi connectivity index (χ3v) is 3.94. The lowest BCUT2D eigenvalue weighted by Crippen LogP contribution is -2.58. The van der Waals surface area contributed by atoms with Crippen molar-refractivity contribution in [2.75, 3.05) is 26.7 Å². The van der Waals surface area contributed by atoms with Crippen molar-refractivity contribution in [1.82, 2.24) is 14.8 Å². The van der Waals surface area contributed by atoms with E-state index in [1.807, 2.05) is 7.05 Å². The van der Waals surface area contributed by atoms with E-state index in [0.717, 1.165) is 18.8 Å². The van der Waals surface area contributed by atoms with Gasteiger partial charge in [0.1, 0.15) is 11.0 Å². The van der Waals surface area contributed by atoms with Crippen LogP contribution in [0.15, 0.2) is 12.3 Å². The molecule has 1 aromatic heterocycles. The summed E-state index contributed by atoms with van der Waals surface area (Å²) in [5.41, 5.74) is 0.0169. The molecule has 19 heavy (non-hydrogen) atoms. The second kappa shape index (κ2) is 5.06. The van der Waals surface area contributed by atoms with Crippen LogP contribution in [0, 0.1) is 5.82 Å². The van der Waals surface area contributed by atoms with Crippen molar-refractivity contribution in [1.29, 1.82) is 0 Å². The first-order chi connectivity index (χ1) is 8.81. The second-order valence-electron chi connectivity index (χ2n) is 5.45. The number of piperazine rings is 1. The third kappa shape index (κ3) is 2.87. The SMILES string of the molecule is CN1CCN(C(=O)c2cc(F)cnc2Cl)CC1(C)C. The summed E-state index contributed by atoms with van der Waals surface area (Å²) >= 11 is 5.87. The van der Waals surface area contributed by atoms with Crippen LogP contribution in [0.2, 0.25) is 5.15 Å². The smallest absolute Gasteiger partial charge is 0.257 e. The second-order valence-corrected chi connectivity index (χ2v) is 5.81. The Bertz CT molecular complexity index is 507. The van der Waals surface area contributed by atoms with Gasteiger partial charge >= 0.3 is 0 Å². The van der Waals surface area contributed by atoms with Crippen LogP contribution in [0.4, 0.5) is 4.39 Å². The minimum Gasteiger partial charge on any atom is -0.335 e. The summed E-state index contributed by atoms with van der Waals surface area (Å²) in [6.45, 7) is 6.09. The van der Waals surface area contributed by atoms with E-state index in [4.69, 9.17) is 11.6 Å². The first-order valence-electron chi connectivity index (χ1n) is 6.13. The third-order valence-electron chi connectivity index (χ3n) is 3.64. The molecular weight excluding hydrogens is 269 g/mol. The molecule has 1 aromatic rings. The molecule has 6 heteroatoms. The molecule has 0 spiro atoms. The summed E-state index contributed by atoms with van der Waals surface area (Å²) in [7, 11) is 2.03. The molecule has 0 atom stereocenters. The van der Waals surface area contributed by atoms with Gasteiger partial charge in [-0.3, -0.25) is 9.69 Å². The number of carbonyl (C=O) groups is 1. The van der Waals surface area contributed by atoms with Gasteiger partial charge in [0.05, 0.1) is 11.8 Å². The maximum Gasteiger partial charge on any atom is 0.257 e. The molecule has 1 aliphatic rings. The molecule has 0 N–H and O–H groups in total. The van der Waals surface area contributed by atoms with Crippen LogP contribution in [0.3, 0.4) is 0 Å². The molecule has 0 unspecified atom stereocenters. The fourth-order valence-corrected chi connectivity index (χ4v) is 2.34. The number of aromatic nitrogens is 1. The van der Waals surface area contributed by atoms with Crippen molar-refractivity contribution in [2.45, 2.75) is 19.4 Å². The molecule has 104 valence electrons. The van der Waals surface area contributed by atoms with Gasteiger partial charge in [0, 0.05) is 25.2 Å². The van der Waals surface area contributed by atoms with Crippen LogP contribution >= 0.6 is 11.6 Å². The number of rotatable bonds is 1. The van der Waals surface area contributed by atoms with E-state index in [2.05, 4.69) is 23.7 Å². The first-order valence-corrected chi connectivity index (χ1v) is 6.50. The van der Waals surface area contributed by atoms with E-state index in [1.54, 1.807) is 4.90 Å². The predicted octanol–water partition coefficient (Wildman–Crippen LogP) is 2.04. The Balaban J connectivity index is 2.23. The van der Waals surface area contributed by atoms with Crippen LogP contribution in [0.5, 0.6) is 0 Å². The number of halogens is 2. The Kier molecular flexibility index (Phi) is 3.78. The normalized spacial score (nSPS) is 19.5. The molecule has 1 aliphatic heterocycles. The van der Waals surface area contributed by atoms with E-state index in [9.17, 15) is 9.18 Å². The van der Waals surface area contributed by atoms with Crippen LogP contribution in [-0.4, -0.2) is 52.9 Å². The Labute approximate surface area is 117 Å². The molecule has 0 aliphatic carbocycles. The molecule has 1 saturated heterocycles. The van der Waals surface area contributed by atoms with Crippen LogP contribution < -0.4 is 0 Å². The highest BCUT2D eigenvalue weighted by Crippen LogP contribution is 2.22. The summed E-state index contributed by atoms with van der Waals surface area (Å²) in [5, 5.41) is 0.0446. The van der Waals surface area contributed by atoms with E-state index in [-0.39, 0.29) is 22.2 Å². The number of likely N-dealkylation sites (N-methyl/N-ethyl adjacent to an activating group) is 1. The van der Waals surface area contributed by atoms with E-state index < -0.39 is 5.82 Å². The highest BCUT2D eigenvalue weighted by Gasteiger charge is 2.34. The van der Waals surface area contributed by atoms with Crippen LogP contribution in [0.25, 0.3) is 0 Å². The molecule has 1 fully saturated rings. The number of hydrogen-bond acceptors (Lipinski definition) is 3. The first kappa shape index (κ1) is 14.2. The van der Waals surface area contributed by atoms with Crippen molar-refractivity contribution in [2.24, 2.45) is 0 Å². The van der Waals surface area contributed by atoms with Gasteiger partial charge in [-0.2, -0.15) is 0 Å². The van der Waals surface area contributed by atoms with Crippen molar-refractivity contribution in [3.63, 3.8) is 0 Å².